The zero-order chi connectivity index (χ0) is 13.4. The van der Waals surface area contributed by atoms with Gasteiger partial charge in [0.05, 0.1) is 12.2 Å². The molecule has 0 atom stereocenters. The van der Waals surface area contributed by atoms with Crippen LogP contribution in [0.2, 0.25) is 0 Å². The van der Waals surface area contributed by atoms with E-state index in [4.69, 9.17) is 0 Å². The molecule has 3 rings (SSSR count). The molecule has 0 bridgehead atoms. The molecule has 2 heterocycles. The summed E-state index contributed by atoms with van der Waals surface area (Å²) in [7, 11) is 1.84. The van der Waals surface area contributed by atoms with E-state index in [0.29, 0.717) is 12.5 Å². The summed E-state index contributed by atoms with van der Waals surface area (Å²) in [6.07, 6.45) is 0. The average molecular weight is 252 g/mol. The highest BCUT2D eigenvalue weighted by atomic mass is 15.1. The number of benzene rings is 1. The van der Waals surface area contributed by atoms with Crippen LogP contribution in [0, 0.1) is 6.92 Å². The molecule has 0 radical (unpaired) electrons. The Bertz CT molecular complexity index is 674. The van der Waals surface area contributed by atoms with Crippen LogP contribution in [-0.2, 0) is 6.54 Å². The quantitative estimate of drug-likeness (QED) is 0.849. The average Bonchev–Trinajstić information content (AvgIpc) is 2.58. The lowest BCUT2D eigenvalue weighted by atomic mass is 9.99. The molecule has 0 fully saturated rings. The van der Waals surface area contributed by atoms with Crippen molar-refractivity contribution in [3.05, 3.63) is 41.1 Å². The number of hydrogen-bond acceptors (Lipinski definition) is 4. The Morgan fingerprint density at radius 1 is 1.05 bits per heavy atom. The maximum atomic E-state index is 4.64. The van der Waals surface area contributed by atoms with Gasteiger partial charge in [-0.2, -0.15) is 0 Å². The molecule has 0 spiro atoms. The Morgan fingerprint density at radius 3 is 2.53 bits per heavy atom. The van der Waals surface area contributed by atoms with Crippen molar-refractivity contribution in [3.8, 4) is 11.3 Å². The Hall–Kier alpha value is -2.23. The summed E-state index contributed by atoms with van der Waals surface area (Å²) in [5, 5.41) is 3.02. The smallest absolute Gasteiger partial charge is 0.223 e. The van der Waals surface area contributed by atoms with E-state index < -0.39 is 0 Å². The van der Waals surface area contributed by atoms with E-state index in [9.17, 15) is 0 Å². The Kier molecular flexibility index (Phi) is 2.78. The van der Waals surface area contributed by atoms with E-state index in [-0.39, 0.29) is 0 Å². The first-order valence-corrected chi connectivity index (χ1v) is 6.37. The second-order valence-corrected chi connectivity index (χ2v) is 4.66. The molecule has 4 heteroatoms. The van der Waals surface area contributed by atoms with Crippen LogP contribution < -0.4 is 5.32 Å². The van der Waals surface area contributed by atoms with Crippen molar-refractivity contribution in [1.82, 2.24) is 9.97 Å². The summed E-state index contributed by atoms with van der Waals surface area (Å²) in [6, 6.07) is 8.28. The molecule has 0 aliphatic carbocycles. The molecule has 1 N–H and O–H groups in total. The van der Waals surface area contributed by atoms with E-state index in [1.807, 2.05) is 33.0 Å². The number of aromatic nitrogens is 2. The number of anilines is 1. The van der Waals surface area contributed by atoms with Gasteiger partial charge in [-0.25, -0.2) is 9.97 Å². The first-order valence-electron chi connectivity index (χ1n) is 6.37. The number of fused-ring (bicyclic) bond motifs is 3. The van der Waals surface area contributed by atoms with Crippen LogP contribution in [-0.4, -0.2) is 22.7 Å². The zero-order valence-corrected chi connectivity index (χ0v) is 11.4. The predicted octanol–water partition coefficient (Wildman–Crippen LogP) is 2.82. The minimum absolute atomic E-state index is 0.645. The molecule has 1 aromatic carbocycles. The van der Waals surface area contributed by atoms with Crippen molar-refractivity contribution in [3.63, 3.8) is 0 Å². The minimum atomic E-state index is 0.645. The van der Waals surface area contributed by atoms with E-state index in [0.717, 1.165) is 33.8 Å². The van der Waals surface area contributed by atoms with Crippen molar-refractivity contribution < 1.29 is 0 Å². The van der Waals surface area contributed by atoms with Crippen LogP contribution in [0.3, 0.4) is 0 Å². The molecule has 0 saturated carbocycles. The van der Waals surface area contributed by atoms with Gasteiger partial charge in [0.1, 0.15) is 0 Å². The Labute approximate surface area is 112 Å². The fourth-order valence-electron chi connectivity index (χ4n) is 2.41. The first kappa shape index (κ1) is 11.8. The summed E-state index contributed by atoms with van der Waals surface area (Å²) in [6.45, 7) is 4.71. The lowest BCUT2D eigenvalue weighted by molar-refractivity contribution is 0.980. The van der Waals surface area contributed by atoms with E-state index in [2.05, 4.69) is 32.4 Å². The van der Waals surface area contributed by atoms with Gasteiger partial charge in [-0.3, -0.25) is 4.99 Å². The monoisotopic (exact) mass is 252 g/mol. The molecule has 19 heavy (non-hydrogen) atoms. The van der Waals surface area contributed by atoms with E-state index >= 15 is 0 Å². The standard InChI is InChI=1S/C15H16N4/c1-9-11-6-4-5-7-12(11)14-13(8-17-9)10(2)18-15(16-3)19-14/h4-7H,8H2,1-3H3,(H,16,18,19). The van der Waals surface area contributed by atoms with Crippen LogP contribution in [0.25, 0.3) is 11.3 Å². The highest BCUT2D eigenvalue weighted by Crippen LogP contribution is 2.31. The fourth-order valence-corrected chi connectivity index (χ4v) is 2.41. The van der Waals surface area contributed by atoms with Crippen molar-refractivity contribution in [2.45, 2.75) is 20.4 Å². The van der Waals surface area contributed by atoms with Gasteiger partial charge in [0.2, 0.25) is 5.95 Å². The third kappa shape index (κ3) is 1.89. The second kappa shape index (κ2) is 4.46. The summed E-state index contributed by atoms with van der Waals surface area (Å²) >= 11 is 0. The second-order valence-electron chi connectivity index (χ2n) is 4.66. The van der Waals surface area contributed by atoms with Gasteiger partial charge in [0.15, 0.2) is 0 Å². The third-order valence-corrected chi connectivity index (χ3v) is 3.48. The molecule has 96 valence electrons. The minimum Gasteiger partial charge on any atom is -0.357 e. The number of aliphatic imine (C=N–C) groups is 1. The topological polar surface area (TPSA) is 50.2 Å². The lowest BCUT2D eigenvalue weighted by Gasteiger charge is -2.11. The van der Waals surface area contributed by atoms with Gasteiger partial charge in [0.25, 0.3) is 0 Å². The van der Waals surface area contributed by atoms with Crippen molar-refractivity contribution in [2.24, 2.45) is 4.99 Å². The number of aryl methyl sites for hydroxylation is 1. The molecule has 0 amide bonds. The molecule has 2 aromatic rings. The predicted molar refractivity (Wildman–Crippen MR) is 77.7 cm³/mol. The summed E-state index contributed by atoms with van der Waals surface area (Å²) in [5.41, 5.74) is 6.44. The summed E-state index contributed by atoms with van der Waals surface area (Å²) in [5.74, 6) is 0.658. The molecule has 1 aliphatic heterocycles. The van der Waals surface area contributed by atoms with Crippen LogP contribution in [0.4, 0.5) is 5.95 Å². The maximum absolute atomic E-state index is 4.64. The van der Waals surface area contributed by atoms with Gasteiger partial charge in [-0.15, -0.1) is 0 Å². The van der Waals surface area contributed by atoms with E-state index in [1.165, 1.54) is 0 Å². The van der Waals surface area contributed by atoms with Crippen LogP contribution >= 0.6 is 0 Å². The normalized spacial score (nSPS) is 13.1. The first-order chi connectivity index (χ1) is 9.20. The van der Waals surface area contributed by atoms with Crippen molar-refractivity contribution >= 4 is 11.7 Å². The van der Waals surface area contributed by atoms with Crippen LogP contribution in [0.1, 0.15) is 23.7 Å². The molecule has 4 nitrogen and oxygen atoms in total. The van der Waals surface area contributed by atoms with Gasteiger partial charge < -0.3 is 5.32 Å². The zero-order valence-electron chi connectivity index (χ0n) is 11.4. The Morgan fingerprint density at radius 2 is 1.79 bits per heavy atom. The summed E-state index contributed by atoms with van der Waals surface area (Å²) < 4.78 is 0. The van der Waals surface area contributed by atoms with Crippen LogP contribution in [0.5, 0.6) is 0 Å². The number of nitrogens with one attached hydrogen (secondary N) is 1. The fraction of sp³-hybridized carbons (Fsp3) is 0.267. The number of hydrogen-bond donors (Lipinski definition) is 1. The molecule has 0 unspecified atom stereocenters. The highest BCUT2D eigenvalue weighted by Gasteiger charge is 2.19. The van der Waals surface area contributed by atoms with Gasteiger partial charge in [0, 0.05) is 35.1 Å². The third-order valence-electron chi connectivity index (χ3n) is 3.48. The van der Waals surface area contributed by atoms with Gasteiger partial charge in [-0.1, -0.05) is 24.3 Å². The molecule has 1 aliphatic rings. The number of rotatable bonds is 1. The van der Waals surface area contributed by atoms with Crippen molar-refractivity contribution in [2.75, 3.05) is 12.4 Å². The lowest BCUT2D eigenvalue weighted by Crippen LogP contribution is -2.04. The largest absolute Gasteiger partial charge is 0.357 e. The molecule has 1 aromatic heterocycles. The SMILES string of the molecule is CNc1nc(C)c2c(n1)-c1ccccc1C(C)=NC2. The van der Waals surface area contributed by atoms with Gasteiger partial charge in [-0.05, 0) is 13.8 Å². The van der Waals surface area contributed by atoms with E-state index in [1.54, 1.807) is 0 Å². The molecular weight excluding hydrogens is 236 g/mol. The highest BCUT2D eigenvalue weighted by molar-refractivity contribution is 6.05. The Balaban J connectivity index is 2.34. The molecular formula is C15H16N4. The molecule has 0 saturated heterocycles. The maximum Gasteiger partial charge on any atom is 0.223 e. The summed E-state index contributed by atoms with van der Waals surface area (Å²) in [4.78, 5) is 13.7. The number of nitrogens with zero attached hydrogens (tertiary/aromatic N) is 3. The van der Waals surface area contributed by atoms with Gasteiger partial charge >= 0.3 is 0 Å². The van der Waals surface area contributed by atoms with Crippen molar-refractivity contribution in [1.29, 1.82) is 0 Å². The van der Waals surface area contributed by atoms with Crippen LogP contribution in [0.15, 0.2) is 29.3 Å².